The van der Waals surface area contributed by atoms with Crippen LogP contribution in [0.4, 0.5) is 11.4 Å². The van der Waals surface area contributed by atoms with Crippen molar-refractivity contribution in [3.05, 3.63) is 77.8 Å². The van der Waals surface area contributed by atoms with E-state index in [4.69, 9.17) is 23.2 Å². The van der Waals surface area contributed by atoms with Gasteiger partial charge in [-0.2, -0.15) is 10.2 Å². The molecule has 2 amide bonds. The lowest BCUT2D eigenvalue weighted by molar-refractivity contribution is -0.385. The van der Waals surface area contributed by atoms with Gasteiger partial charge in [-0.1, -0.05) is 23.2 Å². The number of hydrogen-bond donors (Lipinski definition) is 2. The van der Waals surface area contributed by atoms with E-state index in [0.29, 0.717) is 0 Å². The molecule has 2 rings (SSSR count). The van der Waals surface area contributed by atoms with Gasteiger partial charge in [0.2, 0.25) is 11.8 Å². The molecule has 0 bridgehead atoms. The predicted octanol–water partition coefficient (Wildman–Crippen LogP) is 3.58. The molecule has 0 saturated carbocycles. The highest BCUT2D eigenvalue weighted by Crippen LogP contribution is 2.21. The third-order valence-corrected chi connectivity index (χ3v) is 4.44. The molecule has 0 fully saturated rings. The van der Waals surface area contributed by atoms with Crippen LogP contribution >= 0.6 is 23.2 Å². The number of carbonyl (C=O) groups excluding carboxylic acids is 2. The van der Waals surface area contributed by atoms with Crippen molar-refractivity contribution in [2.75, 3.05) is 0 Å². The van der Waals surface area contributed by atoms with Gasteiger partial charge in [0.25, 0.3) is 11.4 Å². The van der Waals surface area contributed by atoms with E-state index >= 15 is 0 Å². The van der Waals surface area contributed by atoms with Crippen LogP contribution in [0.3, 0.4) is 0 Å². The second-order valence-electron chi connectivity index (χ2n) is 6.36. The monoisotopic (exact) mass is 494 g/mol. The molecule has 14 heteroatoms. The minimum Gasteiger partial charge on any atom is -0.273 e. The first-order valence-corrected chi connectivity index (χ1v) is 9.94. The zero-order chi connectivity index (χ0) is 24.4. The van der Waals surface area contributed by atoms with Crippen LogP contribution in [-0.4, -0.2) is 34.1 Å². The van der Waals surface area contributed by atoms with Gasteiger partial charge in [-0.25, -0.2) is 10.9 Å². The largest absolute Gasteiger partial charge is 0.278 e. The summed E-state index contributed by atoms with van der Waals surface area (Å²) in [4.78, 5) is 44.4. The molecule has 0 aliphatic heterocycles. The van der Waals surface area contributed by atoms with E-state index in [-0.39, 0.29) is 51.8 Å². The van der Waals surface area contributed by atoms with Crippen molar-refractivity contribution >= 4 is 58.8 Å². The van der Waals surface area contributed by atoms with Gasteiger partial charge in [0.05, 0.1) is 33.4 Å². The second kappa shape index (κ2) is 12.2. The van der Waals surface area contributed by atoms with Crippen molar-refractivity contribution < 1.29 is 19.4 Å². The van der Waals surface area contributed by atoms with Gasteiger partial charge in [-0.3, -0.25) is 29.8 Å². The third kappa shape index (κ3) is 8.27. The summed E-state index contributed by atoms with van der Waals surface area (Å²) in [5.74, 6) is -1.02. The molecular formula is C19H16Cl2N6O6. The van der Waals surface area contributed by atoms with Crippen molar-refractivity contribution in [1.82, 2.24) is 10.9 Å². The van der Waals surface area contributed by atoms with E-state index in [1.807, 2.05) is 0 Å². The van der Waals surface area contributed by atoms with E-state index in [0.717, 1.165) is 12.4 Å². The third-order valence-electron chi connectivity index (χ3n) is 3.97. The summed E-state index contributed by atoms with van der Waals surface area (Å²) < 4.78 is 0. The fraction of sp³-hybridized carbons (Fsp3) is 0.158. The molecule has 0 saturated heterocycles. The maximum atomic E-state index is 11.8. The SMILES string of the molecule is O=C(CCCC(=O)N/N=C/c1cc(Cl)ccc1[N+](=O)[O-])N/N=C\c1cc(Cl)ccc1[N+](=O)[O-]. The van der Waals surface area contributed by atoms with Gasteiger partial charge in [0.1, 0.15) is 0 Å². The molecule has 0 spiro atoms. The molecule has 0 aliphatic rings. The maximum absolute atomic E-state index is 11.8. The Hall–Kier alpha value is -3.90. The average Bonchev–Trinajstić information content (AvgIpc) is 2.73. The maximum Gasteiger partial charge on any atom is 0.278 e. The fourth-order valence-electron chi connectivity index (χ4n) is 2.46. The number of rotatable bonds is 10. The second-order valence-corrected chi connectivity index (χ2v) is 7.23. The van der Waals surface area contributed by atoms with Crippen LogP contribution in [0.15, 0.2) is 46.6 Å². The van der Waals surface area contributed by atoms with Crippen molar-refractivity contribution in [2.24, 2.45) is 10.2 Å². The highest BCUT2D eigenvalue weighted by atomic mass is 35.5. The summed E-state index contributed by atoms with van der Waals surface area (Å²) in [6.45, 7) is 0. The molecule has 2 aromatic carbocycles. The Morgan fingerprint density at radius 2 is 1.21 bits per heavy atom. The Kier molecular flexibility index (Phi) is 9.39. The standard InChI is InChI=1S/C19H16Cl2N6O6/c20-14-4-6-16(26(30)31)12(8-14)10-22-24-18(28)2-1-3-19(29)25-23-11-13-9-15(21)5-7-17(13)27(32)33/h4-11H,1-3H2,(H,24,28)(H,25,29)/b22-10-,23-11+. The predicted molar refractivity (Wildman–Crippen MR) is 122 cm³/mol. The number of amides is 2. The number of carbonyl (C=O) groups is 2. The molecule has 0 aliphatic carbocycles. The highest BCUT2D eigenvalue weighted by molar-refractivity contribution is 6.31. The summed E-state index contributed by atoms with van der Waals surface area (Å²) in [5.41, 5.74) is 4.19. The van der Waals surface area contributed by atoms with E-state index in [2.05, 4.69) is 21.1 Å². The topological polar surface area (TPSA) is 169 Å². The number of benzene rings is 2. The molecule has 33 heavy (non-hydrogen) atoms. The molecule has 12 nitrogen and oxygen atoms in total. The Balaban J connectivity index is 1.78. The molecule has 0 heterocycles. The lowest BCUT2D eigenvalue weighted by atomic mass is 10.2. The molecule has 0 atom stereocenters. The van der Waals surface area contributed by atoms with Gasteiger partial charge < -0.3 is 0 Å². The fourth-order valence-corrected chi connectivity index (χ4v) is 2.82. The molecule has 172 valence electrons. The van der Waals surface area contributed by atoms with Crippen molar-refractivity contribution in [3.63, 3.8) is 0 Å². The van der Waals surface area contributed by atoms with E-state index in [1.165, 1.54) is 36.4 Å². The van der Waals surface area contributed by atoms with Crippen LogP contribution in [0.2, 0.25) is 10.0 Å². The smallest absolute Gasteiger partial charge is 0.273 e. The van der Waals surface area contributed by atoms with Crippen LogP contribution in [0, 0.1) is 20.2 Å². The Labute approximate surface area is 196 Å². The number of nitro benzene ring substituents is 2. The number of nitrogens with one attached hydrogen (secondary N) is 2. The van der Waals surface area contributed by atoms with Crippen molar-refractivity contribution in [1.29, 1.82) is 0 Å². The number of nitrogens with zero attached hydrogens (tertiary/aromatic N) is 4. The summed E-state index contributed by atoms with van der Waals surface area (Å²) in [6.07, 6.45) is 2.26. The van der Waals surface area contributed by atoms with E-state index in [9.17, 15) is 29.8 Å². The summed E-state index contributed by atoms with van der Waals surface area (Å²) in [5, 5.41) is 29.8. The van der Waals surface area contributed by atoms with Crippen LogP contribution in [0.25, 0.3) is 0 Å². The number of halogens is 2. The molecule has 0 radical (unpaired) electrons. The molecule has 0 aromatic heterocycles. The minimum absolute atomic E-state index is 0.0497. The molecular weight excluding hydrogens is 479 g/mol. The Bertz CT molecular complexity index is 1050. The van der Waals surface area contributed by atoms with Crippen molar-refractivity contribution in [2.45, 2.75) is 19.3 Å². The number of nitro groups is 2. The normalized spacial score (nSPS) is 11.0. The van der Waals surface area contributed by atoms with Gasteiger partial charge in [0, 0.05) is 35.0 Å². The van der Waals surface area contributed by atoms with E-state index < -0.39 is 21.7 Å². The number of hydrogen-bond acceptors (Lipinski definition) is 8. The quantitative estimate of drug-likeness (QED) is 0.290. The first kappa shape index (κ1) is 25.4. The zero-order valence-electron chi connectivity index (χ0n) is 16.7. The van der Waals surface area contributed by atoms with Crippen LogP contribution in [0.1, 0.15) is 30.4 Å². The lowest BCUT2D eigenvalue weighted by Gasteiger charge is -2.01. The minimum atomic E-state index is -0.606. The summed E-state index contributed by atoms with van der Waals surface area (Å²) in [7, 11) is 0. The van der Waals surface area contributed by atoms with E-state index in [1.54, 1.807) is 0 Å². The number of hydrazone groups is 2. The van der Waals surface area contributed by atoms with Crippen LogP contribution in [0.5, 0.6) is 0 Å². The van der Waals surface area contributed by atoms with Crippen LogP contribution in [-0.2, 0) is 9.59 Å². The van der Waals surface area contributed by atoms with Gasteiger partial charge in [-0.15, -0.1) is 0 Å². The first-order chi connectivity index (χ1) is 15.7. The average molecular weight is 495 g/mol. The van der Waals surface area contributed by atoms with Crippen LogP contribution < -0.4 is 10.9 Å². The summed E-state index contributed by atoms with van der Waals surface area (Å²) >= 11 is 11.6. The zero-order valence-corrected chi connectivity index (χ0v) is 18.2. The van der Waals surface area contributed by atoms with Gasteiger partial charge >= 0.3 is 0 Å². The van der Waals surface area contributed by atoms with Gasteiger partial charge in [0.15, 0.2) is 0 Å². The Morgan fingerprint density at radius 3 is 1.58 bits per heavy atom. The molecule has 2 aromatic rings. The Morgan fingerprint density at radius 1 is 0.818 bits per heavy atom. The highest BCUT2D eigenvalue weighted by Gasteiger charge is 2.13. The molecule has 2 N–H and O–H groups in total. The summed E-state index contributed by atoms with van der Waals surface area (Å²) in [6, 6.07) is 7.83. The van der Waals surface area contributed by atoms with Crippen molar-refractivity contribution in [3.8, 4) is 0 Å². The van der Waals surface area contributed by atoms with Gasteiger partial charge in [-0.05, 0) is 30.7 Å². The molecule has 0 unspecified atom stereocenters. The first-order valence-electron chi connectivity index (χ1n) is 9.19. The lowest BCUT2D eigenvalue weighted by Crippen LogP contribution is -2.20.